The molecule has 0 radical (unpaired) electrons. The van der Waals surface area contributed by atoms with Crippen molar-refractivity contribution in [3.63, 3.8) is 0 Å². The van der Waals surface area contributed by atoms with Crippen LogP contribution in [0.1, 0.15) is 38.8 Å². The van der Waals surface area contributed by atoms with Crippen LogP contribution in [0.15, 0.2) is 58.5 Å². The molecular formula is C26H32F12N4O2P2Pd. The summed E-state index contributed by atoms with van der Waals surface area (Å²) in [7, 11) is -21.3. The van der Waals surface area contributed by atoms with Crippen LogP contribution in [0.3, 0.4) is 0 Å². The van der Waals surface area contributed by atoms with Crippen molar-refractivity contribution < 1.29 is 80.3 Å². The summed E-state index contributed by atoms with van der Waals surface area (Å²) in [6.45, 7) is 13.4. The van der Waals surface area contributed by atoms with Crippen molar-refractivity contribution in [2.75, 3.05) is 49.2 Å². The maximum atomic E-state index is 9.87. The van der Waals surface area contributed by atoms with E-state index in [9.17, 15) is 50.4 Å². The van der Waals surface area contributed by atoms with Gasteiger partial charge in [-0.25, -0.2) is 9.98 Å². The molecule has 47 heavy (non-hydrogen) atoms. The van der Waals surface area contributed by atoms with Crippen LogP contribution in [0.2, 0.25) is 0 Å². The first-order valence-corrected chi connectivity index (χ1v) is 17.5. The van der Waals surface area contributed by atoms with Crippen molar-refractivity contribution in [3.8, 4) is 0 Å². The number of ether oxygens (including phenoxy) is 2. The van der Waals surface area contributed by atoms with Crippen LogP contribution in [0.4, 0.5) is 61.7 Å². The number of halogens is 12. The molecule has 0 aromatic heterocycles. The Morgan fingerprint density at radius 3 is 1.02 bits per heavy atom. The number of aliphatic imine (C=N–C) groups is 2. The Labute approximate surface area is 276 Å². The zero-order valence-corrected chi connectivity index (χ0v) is 28.6. The number of piperazine rings is 1. The third-order valence-electron chi connectivity index (χ3n) is 6.16. The van der Waals surface area contributed by atoms with Gasteiger partial charge < -0.3 is 19.3 Å². The van der Waals surface area contributed by atoms with Gasteiger partial charge in [-0.3, -0.25) is 0 Å². The number of hydrogen-bond donors (Lipinski definition) is 0. The van der Waals surface area contributed by atoms with E-state index in [-0.39, 0.29) is 31.5 Å². The number of para-hydroxylation sites is 2. The molecule has 0 amide bonds. The topological polar surface area (TPSA) is 49.7 Å². The summed E-state index contributed by atoms with van der Waals surface area (Å²) >= 11 is 0. The number of nitrogens with zero attached hydrogens (tertiary/aromatic N) is 4. The second-order valence-corrected chi connectivity index (χ2v) is 15.8. The summed E-state index contributed by atoms with van der Waals surface area (Å²) in [5.74, 6) is 1.52. The van der Waals surface area contributed by atoms with Crippen LogP contribution in [-0.2, 0) is 29.9 Å². The SMILES string of the molecule is CC1(C)COC(c2ccccc2N2CCN(c3ccccc3C3=NC(C)(C)CO3)CC2)=N1.F[P-](F)(F)(F)(F)F.F[P-](F)(F)(F)(F)F.[Pd+2]. The number of benzene rings is 2. The van der Waals surface area contributed by atoms with Gasteiger partial charge >= 0.3 is 86.4 Å². The zero-order valence-electron chi connectivity index (χ0n) is 25.2. The Hall–Kier alpha value is -2.34. The maximum absolute atomic E-state index is 10.7. The second-order valence-electron chi connectivity index (χ2n) is 12.0. The van der Waals surface area contributed by atoms with Crippen LogP contribution < -0.4 is 9.80 Å². The van der Waals surface area contributed by atoms with Gasteiger partial charge in [0.25, 0.3) is 0 Å². The monoisotopic (exact) mass is 828 g/mol. The first kappa shape index (κ1) is 40.8. The fourth-order valence-electron chi connectivity index (χ4n) is 4.49. The molecule has 3 heterocycles. The maximum Gasteiger partial charge on any atom is 2.00 e. The van der Waals surface area contributed by atoms with Crippen molar-refractivity contribution >= 4 is 38.8 Å². The molecule has 2 aromatic rings. The van der Waals surface area contributed by atoms with Crippen LogP contribution in [0.25, 0.3) is 0 Å². The van der Waals surface area contributed by atoms with E-state index < -0.39 is 15.6 Å². The molecule has 0 unspecified atom stereocenters. The molecule has 0 spiro atoms. The van der Waals surface area contributed by atoms with E-state index in [1.165, 1.54) is 11.4 Å². The third kappa shape index (κ3) is 16.6. The fourth-order valence-corrected chi connectivity index (χ4v) is 4.49. The van der Waals surface area contributed by atoms with Crippen LogP contribution in [-0.4, -0.2) is 62.3 Å². The Kier molecular flexibility index (Phi) is 10.4. The summed E-state index contributed by atoms with van der Waals surface area (Å²) in [6.07, 6.45) is 0. The minimum atomic E-state index is -10.7. The minimum Gasteiger partial charge on any atom is 2.00 e. The largest absolute Gasteiger partial charge is 2.00 e. The summed E-state index contributed by atoms with van der Waals surface area (Å²) in [4.78, 5) is 14.5. The van der Waals surface area contributed by atoms with Crippen LogP contribution in [0.5, 0.6) is 0 Å². The molecule has 6 nitrogen and oxygen atoms in total. The molecule has 2 aromatic carbocycles. The molecule has 5 rings (SSSR count). The second kappa shape index (κ2) is 11.9. The van der Waals surface area contributed by atoms with Gasteiger partial charge in [-0.2, -0.15) is 0 Å². The number of anilines is 2. The van der Waals surface area contributed by atoms with Crippen molar-refractivity contribution in [1.29, 1.82) is 0 Å². The quantitative estimate of drug-likeness (QED) is 0.175. The summed E-state index contributed by atoms with van der Waals surface area (Å²) < 4.78 is 130. The van der Waals surface area contributed by atoms with Gasteiger partial charge in [-0.05, 0) is 52.0 Å². The zero-order chi connectivity index (χ0) is 35.2. The van der Waals surface area contributed by atoms with E-state index in [0.29, 0.717) is 13.2 Å². The summed E-state index contributed by atoms with van der Waals surface area (Å²) in [5.41, 5.74) is 4.24. The number of rotatable bonds is 4. The molecule has 0 N–H and O–H groups in total. The molecule has 0 atom stereocenters. The minimum absolute atomic E-state index is 0. The van der Waals surface area contributed by atoms with Crippen molar-refractivity contribution in [3.05, 3.63) is 59.7 Å². The summed E-state index contributed by atoms with van der Waals surface area (Å²) in [5, 5.41) is 0. The van der Waals surface area contributed by atoms with E-state index in [0.717, 1.165) is 49.1 Å². The molecule has 21 heteroatoms. The van der Waals surface area contributed by atoms with Gasteiger partial charge in [0.1, 0.15) is 13.2 Å². The van der Waals surface area contributed by atoms with Gasteiger partial charge in [-0.15, -0.1) is 0 Å². The average Bonchev–Trinajstić information content (AvgIpc) is 3.41. The van der Waals surface area contributed by atoms with E-state index in [1.807, 2.05) is 0 Å². The molecule has 1 saturated heterocycles. The number of hydrogen-bond acceptors (Lipinski definition) is 6. The molecule has 0 aliphatic carbocycles. The van der Waals surface area contributed by atoms with E-state index in [1.54, 1.807) is 0 Å². The van der Waals surface area contributed by atoms with E-state index >= 15 is 0 Å². The van der Waals surface area contributed by atoms with Crippen LogP contribution in [0, 0.1) is 0 Å². The van der Waals surface area contributed by atoms with Gasteiger partial charge in [0.05, 0.1) is 22.2 Å². The average molecular weight is 829 g/mol. The standard InChI is InChI=1S/C26H32N4O2.2F6P.Pd/c1-25(2)17-31-23(27-25)19-9-5-7-11-21(19)29-13-15-30(16-14-29)22-12-8-6-10-20(22)24-28-26(3,4)18-32-24;2*1-7(2,3,4,5)6;/h5-12H,13-18H2,1-4H3;;;/q;2*-1;+2. The van der Waals surface area contributed by atoms with Crippen molar-refractivity contribution in [1.82, 2.24) is 0 Å². The predicted molar refractivity (Wildman–Crippen MR) is 158 cm³/mol. The van der Waals surface area contributed by atoms with Gasteiger partial charge in [-0.1, -0.05) is 24.3 Å². The Morgan fingerprint density at radius 2 is 0.787 bits per heavy atom. The van der Waals surface area contributed by atoms with Gasteiger partial charge in [0.15, 0.2) is 0 Å². The molecule has 3 aliphatic heterocycles. The normalized spacial score (nSPS) is 21.6. The predicted octanol–water partition coefficient (Wildman–Crippen LogP) is 10.9. The molecular weight excluding hydrogens is 797 g/mol. The third-order valence-corrected chi connectivity index (χ3v) is 6.16. The van der Waals surface area contributed by atoms with Crippen molar-refractivity contribution in [2.45, 2.75) is 38.8 Å². The summed E-state index contributed by atoms with van der Waals surface area (Å²) in [6, 6.07) is 16.9. The smallest absolute Gasteiger partial charge is 2.00 e. The van der Waals surface area contributed by atoms with E-state index in [2.05, 4.69) is 86.0 Å². The fraction of sp³-hybridized carbons (Fsp3) is 0.462. The molecule has 0 saturated carbocycles. The van der Waals surface area contributed by atoms with Gasteiger partial charge in [0.2, 0.25) is 11.8 Å². The first-order chi connectivity index (χ1) is 20.2. The molecule has 3 aliphatic rings. The first-order valence-electron chi connectivity index (χ1n) is 13.5. The van der Waals surface area contributed by atoms with E-state index in [4.69, 9.17) is 19.5 Å². The Morgan fingerprint density at radius 1 is 0.532 bits per heavy atom. The van der Waals surface area contributed by atoms with Crippen LogP contribution >= 0.6 is 15.6 Å². The molecule has 0 bridgehead atoms. The van der Waals surface area contributed by atoms with Crippen molar-refractivity contribution in [2.24, 2.45) is 9.98 Å². The molecule has 1 fully saturated rings. The molecule has 272 valence electrons. The van der Waals surface area contributed by atoms with Gasteiger partial charge in [0, 0.05) is 37.6 Å². The Bertz CT molecular complexity index is 1370. The Balaban J connectivity index is 0.000000432.